The second-order valence-electron chi connectivity index (χ2n) is 7.04. The number of amides is 1. The van der Waals surface area contributed by atoms with Crippen LogP contribution in [-0.4, -0.2) is 34.8 Å². The molecule has 7 nitrogen and oxygen atoms in total. The van der Waals surface area contributed by atoms with E-state index in [2.05, 4.69) is 20.7 Å². The van der Waals surface area contributed by atoms with Crippen molar-refractivity contribution in [3.63, 3.8) is 0 Å². The molecule has 148 valence electrons. The summed E-state index contributed by atoms with van der Waals surface area (Å²) in [7, 11) is 3.98. The number of fused-ring (bicyclic) bond motifs is 1. The maximum atomic E-state index is 13.2. The second kappa shape index (κ2) is 7.60. The Morgan fingerprint density at radius 1 is 1.14 bits per heavy atom. The van der Waals surface area contributed by atoms with E-state index in [1.165, 1.54) is 6.33 Å². The highest BCUT2D eigenvalue weighted by Gasteiger charge is 2.33. The molecule has 1 atom stereocenters. The maximum Gasteiger partial charge on any atom is 0.255 e. The van der Waals surface area contributed by atoms with Crippen molar-refractivity contribution in [2.75, 3.05) is 29.6 Å². The van der Waals surface area contributed by atoms with Crippen molar-refractivity contribution in [2.45, 2.75) is 13.0 Å². The van der Waals surface area contributed by atoms with Crippen LogP contribution in [0.4, 0.5) is 17.3 Å². The van der Waals surface area contributed by atoms with Gasteiger partial charge < -0.3 is 15.5 Å². The minimum atomic E-state index is -0.391. The van der Waals surface area contributed by atoms with Crippen molar-refractivity contribution in [2.24, 2.45) is 0 Å². The molecule has 1 aliphatic rings. The van der Waals surface area contributed by atoms with Crippen molar-refractivity contribution in [1.29, 1.82) is 0 Å². The van der Waals surface area contributed by atoms with E-state index < -0.39 is 6.04 Å². The topological polar surface area (TPSA) is 75.1 Å². The predicted molar refractivity (Wildman–Crippen MR) is 115 cm³/mol. The van der Waals surface area contributed by atoms with E-state index in [1.807, 2.05) is 50.2 Å². The molecular weight excluding hydrogens is 388 g/mol. The van der Waals surface area contributed by atoms with Crippen molar-refractivity contribution in [1.82, 2.24) is 14.8 Å². The molecule has 0 fully saturated rings. The first kappa shape index (κ1) is 19.0. The van der Waals surface area contributed by atoms with Gasteiger partial charge in [-0.05, 0) is 48.9 Å². The van der Waals surface area contributed by atoms with Gasteiger partial charge in [0.15, 0.2) is 0 Å². The predicted octanol–water partition coefficient (Wildman–Crippen LogP) is 3.93. The Labute approximate surface area is 174 Å². The molecule has 8 heteroatoms. The number of aromatic nitrogens is 3. The summed E-state index contributed by atoms with van der Waals surface area (Å²) in [4.78, 5) is 19.5. The SMILES string of the molecule is CC1=C(C(=O)Nc2ccc(Cl)cc2)[C@H](c2ccc(N(C)C)cc2)n2ncnc2N1. The summed E-state index contributed by atoms with van der Waals surface area (Å²) in [6.45, 7) is 1.87. The van der Waals surface area contributed by atoms with Crippen LogP contribution in [0.25, 0.3) is 0 Å². The molecule has 0 aliphatic carbocycles. The lowest BCUT2D eigenvalue weighted by Gasteiger charge is -2.29. The van der Waals surface area contributed by atoms with E-state index in [4.69, 9.17) is 11.6 Å². The lowest BCUT2D eigenvalue weighted by Crippen LogP contribution is -2.31. The van der Waals surface area contributed by atoms with E-state index in [1.54, 1.807) is 28.9 Å². The number of carbonyl (C=O) groups excluding carboxylic acids is 1. The van der Waals surface area contributed by atoms with Gasteiger partial charge in [-0.3, -0.25) is 4.79 Å². The number of rotatable bonds is 4. The van der Waals surface area contributed by atoms with Gasteiger partial charge >= 0.3 is 0 Å². The number of halogens is 1. The molecule has 0 bridgehead atoms. The van der Waals surface area contributed by atoms with E-state index in [0.717, 1.165) is 16.9 Å². The van der Waals surface area contributed by atoms with Crippen molar-refractivity contribution < 1.29 is 4.79 Å². The fourth-order valence-corrected chi connectivity index (χ4v) is 3.51. The van der Waals surface area contributed by atoms with Crippen LogP contribution in [0.1, 0.15) is 18.5 Å². The zero-order valence-corrected chi connectivity index (χ0v) is 17.1. The van der Waals surface area contributed by atoms with Gasteiger partial charge in [0.25, 0.3) is 5.91 Å². The first-order valence-electron chi connectivity index (χ1n) is 9.15. The van der Waals surface area contributed by atoms with Gasteiger partial charge in [-0.1, -0.05) is 23.7 Å². The molecule has 2 N–H and O–H groups in total. The Morgan fingerprint density at radius 2 is 1.83 bits per heavy atom. The van der Waals surface area contributed by atoms with Crippen LogP contribution in [0.15, 0.2) is 66.1 Å². The average Bonchev–Trinajstić information content (AvgIpc) is 3.16. The van der Waals surface area contributed by atoms with Crippen LogP contribution in [-0.2, 0) is 4.79 Å². The number of nitrogens with one attached hydrogen (secondary N) is 2. The molecule has 29 heavy (non-hydrogen) atoms. The summed E-state index contributed by atoms with van der Waals surface area (Å²) in [6, 6.07) is 14.7. The molecule has 2 heterocycles. The fraction of sp³-hybridized carbons (Fsp3) is 0.190. The highest BCUT2D eigenvalue weighted by atomic mass is 35.5. The van der Waals surface area contributed by atoms with Crippen LogP contribution in [0.2, 0.25) is 5.02 Å². The van der Waals surface area contributed by atoms with Crippen molar-refractivity contribution >= 4 is 34.8 Å². The van der Waals surface area contributed by atoms with Crippen LogP contribution >= 0.6 is 11.6 Å². The summed E-state index contributed by atoms with van der Waals surface area (Å²) < 4.78 is 1.73. The molecule has 0 saturated carbocycles. The summed E-state index contributed by atoms with van der Waals surface area (Å²) in [5.74, 6) is 0.396. The van der Waals surface area contributed by atoms with Crippen LogP contribution < -0.4 is 15.5 Å². The smallest absolute Gasteiger partial charge is 0.255 e. The van der Waals surface area contributed by atoms with Gasteiger partial charge in [-0.15, -0.1) is 0 Å². The Hall–Kier alpha value is -3.32. The van der Waals surface area contributed by atoms with Gasteiger partial charge in [0.1, 0.15) is 12.4 Å². The van der Waals surface area contributed by atoms with Crippen LogP contribution in [0, 0.1) is 0 Å². The van der Waals surface area contributed by atoms with E-state index in [9.17, 15) is 4.79 Å². The largest absolute Gasteiger partial charge is 0.378 e. The molecule has 0 radical (unpaired) electrons. The third-order valence-corrected chi connectivity index (χ3v) is 5.12. The van der Waals surface area contributed by atoms with Crippen molar-refractivity contribution in [3.05, 3.63) is 76.7 Å². The van der Waals surface area contributed by atoms with Crippen LogP contribution in [0.3, 0.4) is 0 Å². The van der Waals surface area contributed by atoms with Gasteiger partial charge in [-0.2, -0.15) is 10.1 Å². The van der Waals surface area contributed by atoms with Gasteiger partial charge in [0, 0.05) is 36.2 Å². The number of nitrogens with zero attached hydrogens (tertiary/aromatic N) is 4. The number of carbonyl (C=O) groups is 1. The highest BCUT2D eigenvalue weighted by molar-refractivity contribution is 6.30. The molecule has 3 aromatic rings. The lowest BCUT2D eigenvalue weighted by molar-refractivity contribution is -0.113. The quantitative estimate of drug-likeness (QED) is 0.684. The normalized spacial score (nSPS) is 15.5. The van der Waals surface area contributed by atoms with Gasteiger partial charge in [-0.25, -0.2) is 4.68 Å². The minimum absolute atomic E-state index is 0.208. The number of hydrogen-bond donors (Lipinski definition) is 2. The summed E-state index contributed by atoms with van der Waals surface area (Å²) in [5, 5.41) is 11.1. The van der Waals surface area contributed by atoms with E-state index in [-0.39, 0.29) is 5.91 Å². The average molecular weight is 409 g/mol. The Morgan fingerprint density at radius 3 is 2.48 bits per heavy atom. The maximum absolute atomic E-state index is 13.2. The Balaban J connectivity index is 1.73. The summed E-state index contributed by atoms with van der Waals surface area (Å²) >= 11 is 5.95. The Bertz CT molecular complexity index is 1070. The number of anilines is 3. The molecule has 0 spiro atoms. The first-order chi connectivity index (χ1) is 13.9. The number of hydrogen-bond acceptors (Lipinski definition) is 5. The molecule has 0 saturated heterocycles. The third kappa shape index (κ3) is 3.69. The molecule has 1 aliphatic heterocycles. The molecule has 2 aromatic carbocycles. The molecule has 1 amide bonds. The fourth-order valence-electron chi connectivity index (χ4n) is 3.38. The molecule has 1 aromatic heterocycles. The summed E-state index contributed by atoms with van der Waals surface area (Å²) in [6.07, 6.45) is 1.48. The minimum Gasteiger partial charge on any atom is -0.378 e. The van der Waals surface area contributed by atoms with Gasteiger partial charge in [0.2, 0.25) is 5.95 Å². The lowest BCUT2D eigenvalue weighted by atomic mass is 9.94. The highest BCUT2D eigenvalue weighted by Crippen LogP contribution is 2.35. The van der Waals surface area contributed by atoms with E-state index >= 15 is 0 Å². The third-order valence-electron chi connectivity index (χ3n) is 4.87. The zero-order valence-electron chi connectivity index (χ0n) is 16.3. The molecule has 0 unspecified atom stereocenters. The first-order valence-corrected chi connectivity index (χ1v) is 9.53. The van der Waals surface area contributed by atoms with Crippen LogP contribution in [0.5, 0.6) is 0 Å². The second-order valence-corrected chi connectivity index (χ2v) is 7.48. The Kier molecular flexibility index (Phi) is 4.98. The molecule has 4 rings (SSSR count). The van der Waals surface area contributed by atoms with E-state index in [0.29, 0.717) is 22.2 Å². The van der Waals surface area contributed by atoms with Crippen molar-refractivity contribution in [3.8, 4) is 0 Å². The summed E-state index contributed by atoms with van der Waals surface area (Å²) in [5.41, 5.74) is 4.01. The number of allylic oxidation sites excluding steroid dienone is 1. The van der Waals surface area contributed by atoms with Gasteiger partial charge in [0.05, 0.1) is 5.57 Å². The standard InChI is InChI=1S/C21H21ClN6O/c1-13-18(20(29)26-16-8-6-15(22)7-9-16)19(28-21(25-13)23-12-24-28)14-4-10-17(11-5-14)27(2)3/h4-12,19H,1-3H3,(H,26,29)(H,23,24,25)/t19-/m0/s1. The number of benzene rings is 2. The zero-order chi connectivity index (χ0) is 20.5. The molecular formula is C21H21ClN6O. The monoisotopic (exact) mass is 408 g/mol.